The highest BCUT2D eigenvalue weighted by atomic mass is 19.1. The fourth-order valence-electron chi connectivity index (χ4n) is 3.65. The van der Waals surface area contributed by atoms with Gasteiger partial charge in [0.05, 0.1) is 19.5 Å². The van der Waals surface area contributed by atoms with Gasteiger partial charge in [-0.2, -0.15) is 0 Å². The number of nitrogens with zero attached hydrogens (tertiary/aromatic N) is 1. The molecule has 38 heavy (non-hydrogen) atoms. The number of aromatic nitrogens is 2. The van der Waals surface area contributed by atoms with Crippen LogP contribution >= 0.6 is 0 Å². The molecule has 0 spiro atoms. The summed E-state index contributed by atoms with van der Waals surface area (Å²) in [6, 6.07) is 21.2. The van der Waals surface area contributed by atoms with Crippen LogP contribution in [0.15, 0.2) is 91.4 Å². The number of carbonyl (C=O) groups is 2. The molecule has 0 aliphatic carbocycles. The van der Waals surface area contributed by atoms with Crippen LogP contribution in [0.1, 0.15) is 24.1 Å². The van der Waals surface area contributed by atoms with Gasteiger partial charge in [0.2, 0.25) is 11.8 Å². The van der Waals surface area contributed by atoms with Crippen molar-refractivity contribution in [1.82, 2.24) is 15.3 Å². The topological polar surface area (TPSA) is 105 Å². The van der Waals surface area contributed by atoms with Gasteiger partial charge in [-0.05, 0) is 66.9 Å². The first-order valence-electron chi connectivity index (χ1n) is 12.3. The minimum absolute atomic E-state index is 0.0127. The summed E-state index contributed by atoms with van der Waals surface area (Å²) in [6.45, 7) is 0.328. The SMILES string of the molecule is O=C(CCCc1cnc[nH]1)N[C@@H](COCc1ccccc1)C(=O)Nc1ccc(Oc2ccc(F)cc2)cc1. The molecule has 0 unspecified atom stereocenters. The van der Waals surface area contributed by atoms with Gasteiger partial charge in [-0.15, -0.1) is 0 Å². The molecule has 0 saturated carbocycles. The molecule has 9 heteroatoms. The second-order valence-corrected chi connectivity index (χ2v) is 8.62. The summed E-state index contributed by atoms with van der Waals surface area (Å²) in [5, 5.41) is 5.62. The summed E-state index contributed by atoms with van der Waals surface area (Å²) < 4.78 is 24.5. The van der Waals surface area contributed by atoms with Crippen LogP contribution in [0.5, 0.6) is 11.5 Å². The van der Waals surface area contributed by atoms with E-state index in [9.17, 15) is 14.0 Å². The number of H-pyrrole nitrogens is 1. The lowest BCUT2D eigenvalue weighted by Crippen LogP contribution is -2.46. The second kappa shape index (κ2) is 13.7. The van der Waals surface area contributed by atoms with Crippen LogP contribution in [0.3, 0.4) is 0 Å². The van der Waals surface area contributed by atoms with Crippen molar-refractivity contribution in [3.63, 3.8) is 0 Å². The first kappa shape index (κ1) is 26.6. The molecule has 4 rings (SSSR count). The number of imidazole rings is 1. The van der Waals surface area contributed by atoms with Crippen molar-refractivity contribution in [1.29, 1.82) is 0 Å². The lowest BCUT2D eigenvalue weighted by atomic mass is 10.2. The number of halogens is 1. The number of carbonyl (C=O) groups excluding carboxylic acids is 2. The summed E-state index contributed by atoms with van der Waals surface area (Å²) in [4.78, 5) is 32.7. The second-order valence-electron chi connectivity index (χ2n) is 8.62. The third-order valence-corrected chi connectivity index (χ3v) is 5.62. The van der Waals surface area contributed by atoms with Crippen molar-refractivity contribution in [2.24, 2.45) is 0 Å². The minimum atomic E-state index is -0.881. The molecule has 3 aromatic carbocycles. The Hall–Kier alpha value is -4.50. The van der Waals surface area contributed by atoms with Gasteiger partial charge < -0.3 is 25.1 Å². The van der Waals surface area contributed by atoms with E-state index in [-0.39, 0.29) is 24.8 Å². The molecule has 196 valence electrons. The van der Waals surface area contributed by atoms with Crippen LogP contribution in [0, 0.1) is 5.82 Å². The number of hydrogen-bond donors (Lipinski definition) is 3. The Kier molecular flexibility index (Phi) is 9.58. The maximum Gasteiger partial charge on any atom is 0.249 e. The van der Waals surface area contributed by atoms with Crippen molar-refractivity contribution < 1.29 is 23.5 Å². The van der Waals surface area contributed by atoms with Gasteiger partial charge in [-0.25, -0.2) is 9.37 Å². The van der Waals surface area contributed by atoms with Crippen LogP contribution in [-0.2, 0) is 27.4 Å². The lowest BCUT2D eigenvalue weighted by molar-refractivity contribution is -0.128. The maximum absolute atomic E-state index is 13.1. The fourth-order valence-corrected chi connectivity index (χ4v) is 3.65. The number of benzene rings is 3. The van der Waals surface area contributed by atoms with Crippen LogP contribution in [0.2, 0.25) is 0 Å². The molecule has 1 heterocycles. The molecule has 1 aromatic heterocycles. The normalized spacial score (nSPS) is 11.5. The standard InChI is InChI=1S/C29H29FN4O4/c30-22-9-13-25(14-10-22)38-26-15-11-23(12-16-26)33-29(36)27(19-37-18-21-5-2-1-3-6-21)34-28(35)8-4-7-24-17-31-20-32-24/h1-3,5-6,9-17,20,27H,4,7-8,18-19H2,(H,31,32)(H,33,36)(H,34,35)/t27-/m0/s1. The third-order valence-electron chi connectivity index (χ3n) is 5.62. The largest absolute Gasteiger partial charge is 0.457 e. The Balaban J connectivity index is 1.32. The molecule has 4 aromatic rings. The van der Waals surface area contributed by atoms with E-state index in [1.54, 1.807) is 36.8 Å². The van der Waals surface area contributed by atoms with Gasteiger partial charge in [-0.1, -0.05) is 30.3 Å². The first-order valence-corrected chi connectivity index (χ1v) is 12.3. The smallest absolute Gasteiger partial charge is 0.249 e. The number of amides is 2. The van der Waals surface area contributed by atoms with Crippen molar-refractivity contribution in [2.45, 2.75) is 31.9 Å². The molecule has 0 aliphatic heterocycles. The average molecular weight is 517 g/mol. The van der Waals surface area contributed by atoms with Crippen LogP contribution in [0.25, 0.3) is 0 Å². The Morgan fingerprint density at radius 3 is 2.34 bits per heavy atom. The van der Waals surface area contributed by atoms with E-state index in [0.717, 1.165) is 11.3 Å². The Morgan fingerprint density at radius 2 is 1.66 bits per heavy atom. The van der Waals surface area contributed by atoms with Gasteiger partial charge in [0.15, 0.2) is 0 Å². The zero-order valence-corrected chi connectivity index (χ0v) is 20.7. The summed E-state index contributed by atoms with van der Waals surface area (Å²) in [5.74, 6) is 0.0443. The molecule has 2 amide bonds. The Bertz CT molecular complexity index is 1280. The number of aryl methyl sites for hydroxylation is 1. The Morgan fingerprint density at radius 1 is 0.947 bits per heavy atom. The van der Waals surface area contributed by atoms with Crippen molar-refractivity contribution in [3.05, 3.63) is 108 Å². The van der Waals surface area contributed by atoms with Gasteiger partial charge in [0.25, 0.3) is 0 Å². The highest BCUT2D eigenvalue weighted by Crippen LogP contribution is 2.23. The predicted octanol–water partition coefficient (Wildman–Crippen LogP) is 5.00. The van der Waals surface area contributed by atoms with E-state index < -0.39 is 11.9 Å². The zero-order valence-electron chi connectivity index (χ0n) is 20.7. The lowest BCUT2D eigenvalue weighted by Gasteiger charge is -2.19. The van der Waals surface area contributed by atoms with E-state index in [2.05, 4.69) is 20.6 Å². The van der Waals surface area contributed by atoms with Crippen molar-refractivity contribution in [3.8, 4) is 11.5 Å². The maximum atomic E-state index is 13.1. The predicted molar refractivity (Wildman–Crippen MR) is 141 cm³/mol. The van der Waals surface area contributed by atoms with Gasteiger partial charge in [0.1, 0.15) is 23.4 Å². The number of aromatic amines is 1. The number of nitrogens with one attached hydrogen (secondary N) is 3. The summed E-state index contributed by atoms with van der Waals surface area (Å²) in [6.07, 6.45) is 4.88. The summed E-state index contributed by atoms with van der Waals surface area (Å²) in [7, 11) is 0. The van der Waals surface area contributed by atoms with Gasteiger partial charge in [-0.3, -0.25) is 9.59 Å². The molecular formula is C29H29FN4O4. The number of hydrogen-bond acceptors (Lipinski definition) is 5. The quantitative estimate of drug-likeness (QED) is 0.232. The third kappa shape index (κ3) is 8.56. The molecular weight excluding hydrogens is 487 g/mol. The highest BCUT2D eigenvalue weighted by Gasteiger charge is 2.21. The molecule has 0 radical (unpaired) electrons. The summed E-state index contributed by atoms with van der Waals surface area (Å²) in [5.41, 5.74) is 2.45. The number of anilines is 1. The molecule has 0 fully saturated rings. The highest BCUT2D eigenvalue weighted by molar-refractivity contribution is 5.97. The number of ether oxygens (including phenoxy) is 2. The molecule has 1 atom stereocenters. The molecule has 0 bridgehead atoms. The van der Waals surface area contributed by atoms with Crippen LogP contribution < -0.4 is 15.4 Å². The summed E-state index contributed by atoms with van der Waals surface area (Å²) >= 11 is 0. The molecule has 8 nitrogen and oxygen atoms in total. The van der Waals surface area contributed by atoms with E-state index in [1.165, 1.54) is 24.3 Å². The van der Waals surface area contributed by atoms with Gasteiger partial charge >= 0.3 is 0 Å². The van der Waals surface area contributed by atoms with Crippen molar-refractivity contribution in [2.75, 3.05) is 11.9 Å². The molecule has 0 saturated heterocycles. The van der Waals surface area contributed by atoms with Crippen LogP contribution in [-0.4, -0.2) is 34.4 Å². The average Bonchev–Trinajstić information content (AvgIpc) is 3.45. The van der Waals surface area contributed by atoms with E-state index in [4.69, 9.17) is 9.47 Å². The first-order chi connectivity index (χ1) is 18.5. The van der Waals surface area contributed by atoms with Crippen LogP contribution in [0.4, 0.5) is 10.1 Å². The van der Waals surface area contributed by atoms with E-state index >= 15 is 0 Å². The number of rotatable bonds is 13. The fraction of sp³-hybridized carbons (Fsp3) is 0.207. The minimum Gasteiger partial charge on any atom is -0.457 e. The molecule has 0 aliphatic rings. The van der Waals surface area contributed by atoms with Crippen molar-refractivity contribution >= 4 is 17.5 Å². The van der Waals surface area contributed by atoms with E-state index in [0.29, 0.717) is 36.6 Å². The zero-order chi connectivity index (χ0) is 26.6. The van der Waals surface area contributed by atoms with Gasteiger partial charge in [0, 0.05) is 24.0 Å². The van der Waals surface area contributed by atoms with E-state index in [1.807, 2.05) is 30.3 Å². The monoisotopic (exact) mass is 516 g/mol. The Labute approximate surface area is 220 Å². The molecule has 3 N–H and O–H groups in total.